The average molecular weight is 151 g/mol. The Kier molecular flexibility index (Phi) is 2.40. The van der Waals surface area contributed by atoms with Gasteiger partial charge < -0.3 is 4.98 Å². The van der Waals surface area contributed by atoms with Crippen LogP contribution in [-0.4, -0.2) is 4.98 Å². The van der Waals surface area contributed by atoms with Crippen molar-refractivity contribution >= 4 is 17.8 Å². The zero-order chi connectivity index (χ0) is 7.40. The third-order valence-corrected chi connectivity index (χ3v) is 1.93. The fourth-order valence-corrected chi connectivity index (χ4v) is 1.32. The van der Waals surface area contributed by atoms with Crippen LogP contribution in [0.1, 0.15) is 5.69 Å². The van der Waals surface area contributed by atoms with Crippen LogP contribution in [0.5, 0.6) is 0 Å². The van der Waals surface area contributed by atoms with Gasteiger partial charge in [-0.25, -0.2) is 0 Å². The van der Waals surface area contributed by atoms with Gasteiger partial charge in [-0.15, -0.1) is 0 Å². The van der Waals surface area contributed by atoms with E-state index >= 15 is 0 Å². The van der Waals surface area contributed by atoms with Crippen LogP contribution in [0.15, 0.2) is 35.7 Å². The first-order chi connectivity index (χ1) is 4.88. The van der Waals surface area contributed by atoms with E-state index in [4.69, 9.17) is 0 Å². The van der Waals surface area contributed by atoms with Gasteiger partial charge in [0.15, 0.2) is 0 Å². The fraction of sp³-hybridized carbons (Fsp3) is 0. The molecule has 0 atom stereocenters. The standard InChI is InChI=1S/C8H9NS/c1-3-7-8(10-4-2)5-6-9-7/h3-6,9H,1-2H2. The van der Waals surface area contributed by atoms with Crippen LogP contribution in [0, 0.1) is 0 Å². The summed E-state index contributed by atoms with van der Waals surface area (Å²) in [7, 11) is 0. The molecular formula is C8H9NS. The highest BCUT2D eigenvalue weighted by Gasteiger charge is 1.95. The minimum absolute atomic E-state index is 1.06. The van der Waals surface area contributed by atoms with Crippen LogP contribution in [0.4, 0.5) is 0 Å². The summed E-state index contributed by atoms with van der Waals surface area (Å²) in [5, 5.41) is 1.80. The maximum absolute atomic E-state index is 3.67. The number of rotatable bonds is 3. The summed E-state index contributed by atoms with van der Waals surface area (Å²) in [5.74, 6) is 0. The molecule has 0 bridgehead atoms. The monoisotopic (exact) mass is 151 g/mol. The van der Waals surface area contributed by atoms with Crippen molar-refractivity contribution < 1.29 is 0 Å². The quantitative estimate of drug-likeness (QED) is 0.657. The molecule has 0 saturated carbocycles. The summed E-state index contributed by atoms with van der Waals surface area (Å²) in [6.07, 6.45) is 3.69. The molecule has 0 spiro atoms. The lowest BCUT2D eigenvalue weighted by atomic mass is 10.4. The number of H-pyrrole nitrogens is 1. The zero-order valence-corrected chi connectivity index (χ0v) is 6.45. The van der Waals surface area contributed by atoms with Crippen molar-refractivity contribution in [3.63, 3.8) is 0 Å². The molecule has 0 aliphatic rings. The molecule has 1 nitrogen and oxygen atoms in total. The second-order valence-corrected chi connectivity index (χ2v) is 2.75. The molecule has 0 aliphatic heterocycles. The van der Waals surface area contributed by atoms with Crippen LogP contribution in [0.25, 0.3) is 6.08 Å². The van der Waals surface area contributed by atoms with Crippen LogP contribution in [0.2, 0.25) is 0 Å². The van der Waals surface area contributed by atoms with Crippen molar-refractivity contribution in [3.8, 4) is 0 Å². The van der Waals surface area contributed by atoms with E-state index in [0.717, 1.165) is 5.69 Å². The van der Waals surface area contributed by atoms with E-state index in [1.165, 1.54) is 4.90 Å². The predicted molar refractivity (Wildman–Crippen MR) is 46.9 cm³/mol. The molecule has 52 valence electrons. The average Bonchev–Trinajstić information content (AvgIpc) is 2.36. The summed E-state index contributed by atoms with van der Waals surface area (Å²) in [6.45, 7) is 7.29. The Morgan fingerprint density at radius 3 is 2.90 bits per heavy atom. The van der Waals surface area contributed by atoms with Gasteiger partial charge in [-0.1, -0.05) is 24.9 Å². The molecule has 0 aliphatic carbocycles. The Hall–Kier alpha value is -0.890. The Morgan fingerprint density at radius 2 is 2.30 bits per heavy atom. The lowest BCUT2D eigenvalue weighted by Gasteiger charge is -1.91. The molecule has 1 aromatic heterocycles. The largest absolute Gasteiger partial charge is 0.361 e. The minimum atomic E-state index is 1.06. The van der Waals surface area contributed by atoms with Gasteiger partial charge in [0, 0.05) is 11.1 Å². The number of nitrogens with one attached hydrogen (secondary N) is 1. The van der Waals surface area contributed by atoms with E-state index in [-0.39, 0.29) is 0 Å². The highest BCUT2D eigenvalue weighted by atomic mass is 32.2. The van der Waals surface area contributed by atoms with E-state index in [0.29, 0.717) is 0 Å². The lowest BCUT2D eigenvalue weighted by molar-refractivity contribution is 1.33. The van der Waals surface area contributed by atoms with E-state index < -0.39 is 0 Å². The number of aromatic nitrogens is 1. The first-order valence-corrected chi connectivity index (χ1v) is 3.84. The van der Waals surface area contributed by atoms with E-state index in [9.17, 15) is 0 Å². The predicted octanol–water partition coefficient (Wildman–Crippen LogP) is 2.89. The van der Waals surface area contributed by atoms with E-state index in [2.05, 4.69) is 18.1 Å². The van der Waals surface area contributed by atoms with Gasteiger partial charge in [-0.05, 0) is 17.6 Å². The van der Waals surface area contributed by atoms with Gasteiger partial charge in [0.05, 0.1) is 5.69 Å². The molecule has 1 N–H and O–H groups in total. The molecule has 0 aromatic carbocycles. The molecule has 1 heterocycles. The normalized spacial score (nSPS) is 9.20. The topological polar surface area (TPSA) is 15.8 Å². The lowest BCUT2D eigenvalue weighted by Crippen LogP contribution is -1.69. The highest BCUT2D eigenvalue weighted by Crippen LogP contribution is 2.22. The second kappa shape index (κ2) is 3.32. The van der Waals surface area contributed by atoms with Gasteiger partial charge >= 0.3 is 0 Å². The van der Waals surface area contributed by atoms with Gasteiger partial charge in [-0.3, -0.25) is 0 Å². The van der Waals surface area contributed by atoms with E-state index in [1.807, 2.05) is 12.3 Å². The molecule has 0 amide bonds. The molecule has 0 radical (unpaired) electrons. The molecule has 1 aromatic rings. The molecule has 2 heteroatoms. The van der Waals surface area contributed by atoms with Crippen LogP contribution >= 0.6 is 11.8 Å². The smallest absolute Gasteiger partial charge is 0.0515 e. The number of hydrogen-bond donors (Lipinski definition) is 1. The van der Waals surface area contributed by atoms with Crippen molar-refractivity contribution in [2.24, 2.45) is 0 Å². The first kappa shape index (κ1) is 7.22. The number of hydrogen-bond acceptors (Lipinski definition) is 1. The Morgan fingerprint density at radius 1 is 1.50 bits per heavy atom. The number of thioether (sulfide) groups is 1. The van der Waals surface area contributed by atoms with Gasteiger partial charge in [-0.2, -0.15) is 0 Å². The van der Waals surface area contributed by atoms with Crippen LogP contribution in [0.3, 0.4) is 0 Å². The second-order valence-electron chi connectivity index (χ2n) is 1.74. The molecule has 0 saturated heterocycles. The molecular weight excluding hydrogens is 142 g/mol. The van der Waals surface area contributed by atoms with Crippen molar-refractivity contribution in [1.29, 1.82) is 0 Å². The molecule has 0 unspecified atom stereocenters. The maximum atomic E-state index is 3.67. The summed E-state index contributed by atoms with van der Waals surface area (Å²) >= 11 is 1.59. The van der Waals surface area contributed by atoms with Gasteiger partial charge in [0.1, 0.15) is 0 Å². The SMILES string of the molecule is C=CSc1cc[nH]c1C=C. The van der Waals surface area contributed by atoms with Crippen LogP contribution in [-0.2, 0) is 0 Å². The maximum Gasteiger partial charge on any atom is 0.0515 e. The first-order valence-electron chi connectivity index (χ1n) is 2.96. The number of aromatic amines is 1. The Bertz CT molecular complexity index is 237. The molecule has 10 heavy (non-hydrogen) atoms. The molecule has 0 fully saturated rings. The summed E-state index contributed by atoms with van der Waals surface area (Å²) in [4.78, 5) is 4.22. The Balaban J connectivity index is 2.89. The van der Waals surface area contributed by atoms with E-state index in [1.54, 1.807) is 23.2 Å². The van der Waals surface area contributed by atoms with Gasteiger partial charge in [0.2, 0.25) is 0 Å². The van der Waals surface area contributed by atoms with Crippen LogP contribution < -0.4 is 0 Å². The van der Waals surface area contributed by atoms with Crippen molar-refractivity contribution in [3.05, 3.63) is 36.5 Å². The summed E-state index contributed by atoms with van der Waals surface area (Å²) in [6, 6.07) is 2.00. The third kappa shape index (κ3) is 1.33. The van der Waals surface area contributed by atoms with Crippen molar-refractivity contribution in [2.75, 3.05) is 0 Å². The highest BCUT2D eigenvalue weighted by molar-refractivity contribution is 8.02. The fourth-order valence-electron chi connectivity index (χ4n) is 0.720. The minimum Gasteiger partial charge on any atom is -0.361 e. The third-order valence-electron chi connectivity index (χ3n) is 1.15. The summed E-state index contributed by atoms with van der Waals surface area (Å²) < 4.78 is 0. The zero-order valence-electron chi connectivity index (χ0n) is 5.63. The molecule has 1 rings (SSSR count). The van der Waals surface area contributed by atoms with Gasteiger partial charge in [0.25, 0.3) is 0 Å². The van der Waals surface area contributed by atoms with Crippen molar-refractivity contribution in [1.82, 2.24) is 4.98 Å². The summed E-state index contributed by atoms with van der Waals surface area (Å²) in [5.41, 5.74) is 1.06. The van der Waals surface area contributed by atoms with Crippen molar-refractivity contribution in [2.45, 2.75) is 4.90 Å². The Labute approximate surface area is 64.8 Å².